The van der Waals surface area contributed by atoms with Gasteiger partial charge in [-0.25, -0.2) is 4.79 Å². The molecule has 23 heteroatoms. The van der Waals surface area contributed by atoms with Gasteiger partial charge in [0, 0.05) is 7.11 Å². The molecule has 0 spiro atoms. The largest absolute Gasteiger partial charge is 0.479 e. The summed E-state index contributed by atoms with van der Waals surface area (Å²) < 4.78 is 54.2. The van der Waals surface area contributed by atoms with Crippen LogP contribution in [0.1, 0.15) is 0 Å². The molecule has 0 aromatic rings. The maximum atomic E-state index is 11.7. The molecular formula is C27H44O23. The van der Waals surface area contributed by atoms with Crippen molar-refractivity contribution < 1.29 is 113 Å². The molecule has 0 saturated carbocycles. The number of carboxylic acid groups (broad SMARTS) is 1. The average Bonchev–Trinajstić information content (AvgIpc) is 3.08. The highest BCUT2D eigenvalue weighted by Gasteiger charge is 2.54. The quantitative estimate of drug-likeness (QED) is 0.0990. The van der Waals surface area contributed by atoms with Gasteiger partial charge in [-0.15, -0.1) is 0 Å². The summed E-state index contributed by atoms with van der Waals surface area (Å²) in [7, 11) is 1.08. The zero-order valence-electron chi connectivity index (χ0n) is 26.3. The molecule has 5 heterocycles. The molecule has 5 rings (SSSR count). The lowest BCUT2D eigenvalue weighted by Gasteiger charge is -2.47. The molecule has 0 radical (unpaired) electrons. The first-order valence-electron chi connectivity index (χ1n) is 15.6. The van der Waals surface area contributed by atoms with Crippen LogP contribution in [0.3, 0.4) is 0 Å². The Morgan fingerprint density at radius 1 is 0.500 bits per heavy atom. The maximum Gasteiger partial charge on any atom is 0.335 e. The number of aliphatic hydroxyl groups excluding tert-OH is 11. The second-order valence-electron chi connectivity index (χ2n) is 12.4. The summed E-state index contributed by atoms with van der Waals surface area (Å²) in [4.78, 5) is 11.7. The van der Waals surface area contributed by atoms with Crippen molar-refractivity contribution in [1.82, 2.24) is 0 Å². The Bertz CT molecular complexity index is 1100. The topological polar surface area (TPSA) is 352 Å². The summed E-state index contributed by atoms with van der Waals surface area (Å²) in [6, 6.07) is 0. The number of hydrogen-bond acceptors (Lipinski definition) is 22. The first-order valence-corrected chi connectivity index (χ1v) is 15.6. The van der Waals surface area contributed by atoms with E-state index in [-0.39, 0.29) is 0 Å². The van der Waals surface area contributed by atoms with E-state index in [1.54, 1.807) is 0 Å². The Morgan fingerprint density at radius 3 is 1.56 bits per heavy atom. The number of carboxylic acids is 1. The van der Waals surface area contributed by atoms with Crippen LogP contribution in [0.15, 0.2) is 0 Å². The van der Waals surface area contributed by atoms with E-state index in [9.17, 15) is 66.1 Å². The van der Waals surface area contributed by atoms with Crippen molar-refractivity contribution in [2.45, 2.75) is 129 Å². The van der Waals surface area contributed by atoms with Crippen LogP contribution in [-0.2, 0) is 52.2 Å². The fourth-order valence-electron chi connectivity index (χ4n) is 6.06. The number of aliphatic hydroxyl groups is 11. The number of aliphatic carboxylic acids is 1. The Hall–Kier alpha value is -1.37. The molecule has 5 aliphatic rings. The fourth-order valence-corrected chi connectivity index (χ4v) is 6.06. The van der Waals surface area contributed by atoms with Gasteiger partial charge in [0.1, 0.15) is 91.6 Å². The van der Waals surface area contributed by atoms with Crippen molar-refractivity contribution in [2.24, 2.45) is 0 Å². The van der Waals surface area contributed by atoms with Gasteiger partial charge in [0.05, 0.1) is 26.4 Å². The monoisotopic (exact) mass is 736 g/mol. The smallest absolute Gasteiger partial charge is 0.335 e. The van der Waals surface area contributed by atoms with Crippen molar-refractivity contribution in [3.63, 3.8) is 0 Å². The van der Waals surface area contributed by atoms with E-state index in [4.69, 9.17) is 47.4 Å². The van der Waals surface area contributed by atoms with Crippen LogP contribution >= 0.6 is 0 Å². The zero-order chi connectivity index (χ0) is 36.6. The van der Waals surface area contributed by atoms with Gasteiger partial charge in [-0.2, -0.15) is 0 Å². The van der Waals surface area contributed by atoms with Crippen LogP contribution in [-0.4, -0.2) is 230 Å². The number of hydrogen-bond donors (Lipinski definition) is 12. The van der Waals surface area contributed by atoms with Crippen LogP contribution in [0.2, 0.25) is 0 Å². The highest BCUT2D eigenvalue weighted by atomic mass is 16.8. The predicted octanol–water partition coefficient (Wildman–Crippen LogP) is -8.62. The lowest BCUT2D eigenvalue weighted by molar-refractivity contribution is -0.379. The van der Waals surface area contributed by atoms with E-state index >= 15 is 0 Å². The molecule has 0 aromatic heterocycles. The molecule has 5 aliphatic heterocycles. The van der Waals surface area contributed by atoms with Gasteiger partial charge in [-0.1, -0.05) is 0 Å². The molecule has 0 bridgehead atoms. The number of ether oxygens (including phenoxy) is 10. The standard InChI is InChI=1S/C27H44O23/c1-41-19-13(33)16(36)27(50-21(19)22(38)39)49-20-12(32)8(4-42-23(20)40)46-26-17(37)18(48-25-15(35)11(31)7(29)3-44-25)9(5-45-26)47-24-14(34)10(30)6(28)2-43-24/h6-21,23-37,40H,2-5H2,1H3,(H,38,39)/t6-,7-,8-,9-,10+,11+,12+,13-,14-,15-,16-,17-,18+,19+,20-,21+,23-,24+,25+,26+,27-/m1/s1. The molecule has 12 N–H and O–H groups in total. The molecule has 5 saturated heterocycles. The minimum atomic E-state index is -1.92. The first-order chi connectivity index (χ1) is 23.6. The van der Waals surface area contributed by atoms with Gasteiger partial charge in [0.15, 0.2) is 37.6 Å². The van der Waals surface area contributed by atoms with E-state index in [0.29, 0.717) is 0 Å². The van der Waals surface area contributed by atoms with Gasteiger partial charge in [0.25, 0.3) is 0 Å². The molecule has 23 nitrogen and oxygen atoms in total. The van der Waals surface area contributed by atoms with Crippen molar-refractivity contribution in [3.8, 4) is 0 Å². The summed E-state index contributed by atoms with van der Waals surface area (Å²) >= 11 is 0. The molecule has 0 unspecified atom stereocenters. The molecule has 50 heavy (non-hydrogen) atoms. The molecule has 0 aliphatic carbocycles. The average molecular weight is 737 g/mol. The predicted molar refractivity (Wildman–Crippen MR) is 148 cm³/mol. The summed E-state index contributed by atoms with van der Waals surface area (Å²) in [5.41, 5.74) is 0. The molecule has 21 atom stereocenters. The van der Waals surface area contributed by atoms with Crippen LogP contribution < -0.4 is 0 Å². The normalized spacial score (nSPS) is 52.0. The van der Waals surface area contributed by atoms with Crippen LogP contribution in [0.25, 0.3) is 0 Å². The van der Waals surface area contributed by atoms with Crippen molar-refractivity contribution in [2.75, 3.05) is 33.5 Å². The van der Waals surface area contributed by atoms with Gasteiger partial charge in [-0.05, 0) is 0 Å². The highest BCUT2D eigenvalue weighted by Crippen LogP contribution is 2.32. The van der Waals surface area contributed by atoms with Gasteiger partial charge in [-0.3, -0.25) is 0 Å². The Morgan fingerprint density at radius 2 is 0.980 bits per heavy atom. The van der Waals surface area contributed by atoms with Crippen LogP contribution in [0.4, 0.5) is 0 Å². The molecule has 0 amide bonds. The minimum Gasteiger partial charge on any atom is -0.479 e. The summed E-state index contributed by atoms with van der Waals surface area (Å²) in [5, 5.41) is 124. The van der Waals surface area contributed by atoms with Crippen molar-refractivity contribution >= 4 is 5.97 Å². The van der Waals surface area contributed by atoms with Gasteiger partial charge in [0.2, 0.25) is 0 Å². The van der Waals surface area contributed by atoms with E-state index in [1.165, 1.54) is 0 Å². The maximum absolute atomic E-state index is 11.7. The number of methoxy groups -OCH3 is 1. The third-order valence-corrected chi connectivity index (χ3v) is 9.01. The second kappa shape index (κ2) is 16.8. The van der Waals surface area contributed by atoms with Crippen LogP contribution in [0, 0.1) is 0 Å². The minimum absolute atomic E-state index is 0.439. The Labute approximate surface area is 282 Å². The van der Waals surface area contributed by atoms with Gasteiger partial charge < -0.3 is 109 Å². The van der Waals surface area contributed by atoms with Crippen molar-refractivity contribution in [3.05, 3.63) is 0 Å². The summed E-state index contributed by atoms with van der Waals surface area (Å²) in [6.45, 7) is -1.98. The molecule has 5 fully saturated rings. The summed E-state index contributed by atoms with van der Waals surface area (Å²) in [5.74, 6) is -1.57. The van der Waals surface area contributed by atoms with E-state index in [2.05, 4.69) is 0 Å². The molecule has 0 aromatic carbocycles. The third-order valence-electron chi connectivity index (χ3n) is 9.01. The number of rotatable bonds is 10. The Balaban J connectivity index is 1.29. The SMILES string of the molecule is CO[C@H]1[C@H](O)[C@@H](O)[C@H](O[C@@H]2[C@@H](O)[C@H](O[C@@H]3OC[C@@H](O[C@@H]4OC[C@@H](O)[C@H](O)[C@H]4O)[C@H](O[C@@H]4OC[C@@H](O)[C@H](O)[C@H]4O)[C@H]3O)CO[C@H]2O)O[C@@H]1C(=O)O. The third kappa shape index (κ3) is 8.23. The second-order valence-corrected chi connectivity index (χ2v) is 12.4. The molecule has 290 valence electrons. The van der Waals surface area contributed by atoms with E-state index in [1.807, 2.05) is 0 Å². The van der Waals surface area contributed by atoms with Crippen LogP contribution in [0.5, 0.6) is 0 Å². The van der Waals surface area contributed by atoms with E-state index < -0.39 is 162 Å². The highest BCUT2D eigenvalue weighted by molar-refractivity contribution is 5.73. The van der Waals surface area contributed by atoms with Gasteiger partial charge >= 0.3 is 5.97 Å². The molecular weight excluding hydrogens is 692 g/mol. The lowest BCUT2D eigenvalue weighted by Crippen LogP contribution is -2.65. The first kappa shape index (κ1) is 39.8. The Kier molecular flexibility index (Phi) is 13.3. The number of carbonyl (C=O) groups is 1. The fraction of sp³-hybridized carbons (Fsp3) is 0.963. The van der Waals surface area contributed by atoms with E-state index in [0.717, 1.165) is 7.11 Å². The van der Waals surface area contributed by atoms with Crippen molar-refractivity contribution in [1.29, 1.82) is 0 Å². The zero-order valence-corrected chi connectivity index (χ0v) is 26.3. The summed E-state index contributed by atoms with van der Waals surface area (Å²) in [6.07, 6.45) is -35.7. The lowest BCUT2D eigenvalue weighted by atomic mass is 9.98.